The summed E-state index contributed by atoms with van der Waals surface area (Å²) in [5.41, 5.74) is 5.41. The highest BCUT2D eigenvalue weighted by Gasteiger charge is 2.28. The minimum absolute atomic E-state index is 0.334. The Morgan fingerprint density at radius 3 is 2.29 bits per heavy atom. The lowest BCUT2D eigenvalue weighted by Crippen LogP contribution is -2.26. The first-order valence-corrected chi connectivity index (χ1v) is 5.86. The van der Waals surface area contributed by atoms with Crippen LogP contribution in [0.2, 0.25) is 0 Å². The van der Waals surface area contributed by atoms with Crippen LogP contribution in [0.1, 0.15) is 46.0 Å². The smallest absolute Gasteiger partial charge is 0.136 e. The third kappa shape index (κ3) is 3.41. The number of carbonyl (C=O) groups excluding carboxylic acids is 1. The highest BCUT2D eigenvalue weighted by molar-refractivity contribution is 5.81. The van der Waals surface area contributed by atoms with E-state index in [4.69, 9.17) is 5.73 Å². The maximum absolute atomic E-state index is 11.8. The maximum Gasteiger partial charge on any atom is 0.136 e. The van der Waals surface area contributed by atoms with Gasteiger partial charge in [0, 0.05) is 12.3 Å². The van der Waals surface area contributed by atoms with E-state index in [2.05, 4.69) is 13.8 Å². The van der Waals surface area contributed by atoms with Crippen LogP contribution in [0.5, 0.6) is 0 Å². The summed E-state index contributed by atoms with van der Waals surface area (Å²) in [4.78, 5) is 11.8. The molecule has 0 amide bonds. The van der Waals surface area contributed by atoms with Gasteiger partial charge in [-0.25, -0.2) is 0 Å². The third-order valence-corrected chi connectivity index (χ3v) is 3.26. The Morgan fingerprint density at radius 1 is 1.21 bits per heavy atom. The second-order valence-electron chi connectivity index (χ2n) is 4.97. The van der Waals surface area contributed by atoms with Crippen LogP contribution in [0, 0.1) is 17.8 Å². The highest BCUT2D eigenvalue weighted by atomic mass is 16.1. The first-order chi connectivity index (χ1) is 6.63. The van der Waals surface area contributed by atoms with E-state index in [1.807, 2.05) is 0 Å². The van der Waals surface area contributed by atoms with Crippen molar-refractivity contribution < 1.29 is 4.79 Å². The van der Waals surface area contributed by atoms with Gasteiger partial charge in [0.05, 0.1) is 0 Å². The van der Waals surface area contributed by atoms with Gasteiger partial charge in [-0.3, -0.25) is 4.79 Å². The number of Topliss-reactive ketones (excluding diaryl/α,β-unsaturated/α-hetero) is 1. The summed E-state index contributed by atoms with van der Waals surface area (Å²) in [6.07, 6.45) is 5.06. The van der Waals surface area contributed by atoms with Crippen molar-refractivity contribution in [3.63, 3.8) is 0 Å². The minimum Gasteiger partial charge on any atom is -0.330 e. The van der Waals surface area contributed by atoms with Crippen molar-refractivity contribution in [3.8, 4) is 0 Å². The number of carbonyl (C=O) groups is 1. The Kier molecular flexibility index (Phi) is 4.59. The zero-order valence-electron chi connectivity index (χ0n) is 9.46. The van der Waals surface area contributed by atoms with E-state index in [0.29, 0.717) is 24.7 Å². The molecule has 2 heteroatoms. The zero-order valence-corrected chi connectivity index (χ0v) is 9.46. The van der Waals surface area contributed by atoms with E-state index >= 15 is 0 Å². The molecule has 0 heterocycles. The molecule has 2 N–H and O–H groups in total. The standard InChI is InChI=1S/C12H23NO/c1-9-6-10(2)8-11(7-9)12(14)4-3-5-13/h9-11H,3-8,13H2,1-2H3. The maximum atomic E-state index is 11.8. The van der Waals surface area contributed by atoms with E-state index < -0.39 is 0 Å². The lowest BCUT2D eigenvalue weighted by atomic mass is 9.74. The number of hydrogen-bond acceptors (Lipinski definition) is 2. The molecule has 0 saturated heterocycles. The molecule has 0 aliphatic heterocycles. The third-order valence-electron chi connectivity index (χ3n) is 3.26. The molecule has 1 aliphatic rings. The molecular weight excluding hydrogens is 174 g/mol. The molecule has 0 aromatic carbocycles. The van der Waals surface area contributed by atoms with Crippen molar-refractivity contribution in [2.75, 3.05) is 6.54 Å². The molecule has 82 valence electrons. The first kappa shape index (κ1) is 11.7. The number of hydrogen-bond donors (Lipinski definition) is 1. The van der Waals surface area contributed by atoms with Crippen LogP contribution in [0.15, 0.2) is 0 Å². The van der Waals surface area contributed by atoms with Gasteiger partial charge in [0.1, 0.15) is 5.78 Å². The Labute approximate surface area is 87.2 Å². The van der Waals surface area contributed by atoms with Crippen molar-refractivity contribution in [3.05, 3.63) is 0 Å². The Hall–Kier alpha value is -0.370. The summed E-state index contributed by atoms with van der Waals surface area (Å²) in [7, 11) is 0. The van der Waals surface area contributed by atoms with Crippen LogP contribution in [0.25, 0.3) is 0 Å². The fourth-order valence-corrected chi connectivity index (χ4v) is 2.69. The van der Waals surface area contributed by atoms with Crippen LogP contribution >= 0.6 is 0 Å². The first-order valence-electron chi connectivity index (χ1n) is 5.86. The Balaban J connectivity index is 2.38. The van der Waals surface area contributed by atoms with E-state index in [0.717, 1.165) is 31.1 Å². The predicted octanol–water partition coefficient (Wildman–Crippen LogP) is 2.37. The molecule has 1 rings (SSSR count). The molecule has 14 heavy (non-hydrogen) atoms. The Bertz CT molecular complexity index is 181. The molecule has 0 aromatic rings. The molecule has 0 radical (unpaired) electrons. The van der Waals surface area contributed by atoms with Crippen LogP contribution in [-0.4, -0.2) is 12.3 Å². The molecule has 1 aliphatic carbocycles. The van der Waals surface area contributed by atoms with Crippen molar-refractivity contribution in [1.82, 2.24) is 0 Å². The monoisotopic (exact) mass is 197 g/mol. The van der Waals surface area contributed by atoms with Gasteiger partial charge in [-0.2, -0.15) is 0 Å². The van der Waals surface area contributed by atoms with Gasteiger partial charge >= 0.3 is 0 Å². The van der Waals surface area contributed by atoms with Crippen LogP contribution < -0.4 is 5.73 Å². The largest absolute Gasteiger partial charge is 0.330 e. The van der Waals surface area contributed by atoms with Gasteiger partial charge in [-0.15, -0.1) is 0 Å². The highest BCUT2D eigenvalue weighted by Crippen LogP contribution is 2.33. The molecule has 2 nitrogen and oxygen atoms in total. The summed E-state index contributed by atoms with van der Waals surface area (Å²) in [5.74, 6) is 2.24. The number of ketones is 1. The average Bonchev–Trinajstić information content (AvgIpc) is 2.12. The molecule has 1 saturated carbocycles. The van der Waals surface area contributed by atoms with Gasteiger partial charge in [-0.1, -0.05) is 13.8 Å². The van der Waals surface area contributed by atoms with Crippen LogP contribution in [0.3, 0.4) is 0 Å². The molecule has 0 aromatic heterocycles. The van der Waals surface area contributed by atoms with E-state index in [9.17, 15) is 4.79 Å². The minimum atomic E-state index is 0.334. The fourth-order valence-electron chi connectivity index (χ4n) is 2.69. The Morgan fingerprint density at radius 2 is 1.79 bits per heavy atom. The summed E-state index contributed by atoms with van der Waals surface area (Å²) in [6, 6.07) is 0. The summed E-state index contributed by atoms with van der Waals surface area (Å²) in [5, 5.41) is 0. The van der Waals surface area contributed by atoms with Gasteiger partial charge in [0.25, 0.3) is 0 Å². The molecule has 2 unspecified atom stereocenters. The second kappa shape index (κ2) is 5.50. The zero-order chi connectivity index (χ0) is 10.6. The number of rotatable bonds is 4. The topological polar surface area (TPSA) is 43.1 Å². The SMILES string of the molecule is CC1CC(C)CC(C(=O)CCCN)C1. The van der Waals surface area contributed by atoms with E-state index in [-0.39, 0.29) is 0 Å². The lowest BCUT2D eigenvalue weighted by Gasteiger charge is -2.30. The predicted molar refractivity (Wildman–Crippen MR) is 59.0 cm³/mol. The molecule has 0 spiro atoms. The average molecular weight is 197 g/mol. The summed E-state index contributed by atoms with van der Waals surface area (Å²) in [6.45, 7) is 5.17. The molecule has 0 bridgehead atoms. The lowest BCUT2D eigenvalue weighted by molar-refractivity contribution is -0.124. The van der Waals surface area contributed by atoms with Crippen LogP contribution in [-0.2, 0) is 4.79 Å². The fraction of sp³-hybridized carbons (Fsp3) is 0.917. The van der Waals surface area contributed by atoms with Crippen molar-refractivity contribution >= 4 is 5.78 Å². The van der Waals surface area contributed by atoms with Crippen molar-refractivity contribution in [2.45, 2.75) is 46.0 Å². The number of nitrogens with two attached hydrogens (primary N) is 1. The normalized spacial score (nSPS) is 32.9. The molecule has 2 atom stereocenters. The molecular formula is C12H23NO. The second-order valence-corrected chi connectivity index (χ2v) is 4.97. The molecule has 1 fully saturated rings. The summed E-state index contributed by atoms with van der Waals surface area (Å²) >= 11 is 0. The van der Waals surface area contributed by atoms with Gasteiger partial charge in [-0.05, 0) is 44.1 Å². The van der Waals surface area contributed by atoms with Gasteiger partial charge in [0.15, 0.2) is 0 Å². The van der Waals surface area contributed by atoms with E-state index in [1.165, 1.54) is 6.42 Å². The van der Waals surface area contributed by atoms with Crippen molar-refractivity contribution in [2.24, 2.45) is 23.5 Å². The van der Waals surface area contributed by atoms with Gasteiger partial charge in [0.2, 0.25) is 0 Å². The van der Waals surface area contributed by atoms with Gasteiger partial charge < -0.3 is 5.73 Å². The summed E-state index contributed by atoms with van der Waals surface area (Å²) < 4.78 is 0. The van der Waals surface area contributed by atoms with E-state index in [1.54, 1.807) is 0 Å². The quantitative estimate of drug-likeness (QED) is 0.752. The van der Waals surface area contributed by atoms with Crippen molar-refractivity contribution in [1.29, 1.82) is 0 Å². The van der Waals surface area contributed by atoms with Crippen LogP contribution in [0.4, 0.5) is 0 Å².